The summed E-state index contributed by atoms with van der Waals surface area (Å²) in [5.41, 5.74) is -0.242. The topological polar surface area (TPSA) is 137 Å². The zero-order valence-corrected chi connectivity index (χ0v) is 26.7. The van der Waals surface area contributed by atoms with E-state index >= 15 is 0 Å². The first-order valence-electron chi connectivity index (χ1n) is 14.4. The summed E-state index contributed by atoms with van der Waals surface area (Å²) in [4.78, 5) is 54.3. The van der Waals surface area contributed by atoms with Crippen molar-refractivity contribution >= 4 is 33.2 Å². The van der Waals surface area contributed by atoms with Crippen LogP contribution in [-0.4, -0.2) is 70.2 Å². The summed E-state index contributed by atoms with van der Waals surface area (Å²) in [6, 6.07) is -2.54. The smallest absolute Gasteiger partial charge is 0.408 e. The molecular weight excluding hydrogens is 531 g/mol. The minimum absolute atomic E-state index is 0.0489. The first kappa shape index (κ1) is 34.0. The zero-order chi connectivity index (χ0) is 30.4. The second-order valence-electron chi connectivity index (χ2n) is 13.4. The molecule has 2 fully saturated rings. The Labute approximate surface area is 242 Å². The molecule has 0 bridgehead atoms. The molecule has 228 valence electrons. The lowest BCUT2D eigenvalue weighted by Gasteiger charge is -2.36. The van der Waals surface area contributed by atoms with Crippen molar-refractivity contribution in [3.63, 3.8) is 0 Å². The number of nitrogens with zero attached hydrogens (tertiary/aromatic N) is 1. The lowest BCUT2D eigenvalue weighted by atomic mass is 9.79. The van der Waals surface area contributed by atoms with Gasteiger partial charge < -0.3 is 30.5 Å². The summed E-state index contributed by atoms with van der Waals surface area (Å²) in [5, 5.41) is 18.7. The maximum absolute atomic E-state index is 14.1. The molecule has 0 aromatic heterocycles. The fourth-order valence-electron chi connectivity index (χ4n) is 5.14. The molecule has 0 spiro atoms. The number of carbonyl (C=O) groups excluding carboxylic acids is 4. The Balaban J connectivity index is 2.35. The fraction of sp³-hybridized carbons (Fsp3) is 0.793. The van der Waals surface area contributed by atoms with Gasteiger partial charge in [-0.3, -0.25) is 14.4 Å². The quantitative estimate of drug-likeness (QED) is 0.230. The van der Waals surface area contributed by atoms with Crippen LogP contribution in [-0.2, 0) is 19.1 Å². The van der Waals surface area contributed by atoms with Gasteiger partial charge in [0.05, 0.1) is 6.04 Å². The number of aliphatic hydroxyl groups excluding tert-OH is 1. The molecule has 1 saturated heterocycles. The van der Waals surface area contributed by atoms with E-state index in [4.69, 9.17) is 4.74 Å². The number of nitrogens with one attached hydrogen (secondary N) is 3. The maximum Gasteiger partial charge on any atom is 0.408 e. The number of aliphatic hydroxyl groups is 1. The van der Waals surface area contributed by atoms with Gasteiger partial charge in [0.25, 0.3) is 5.91 Å². The van der Waals surface area contributed by atoms with Gasteiger partial charge in [-0.25, -0.2) is 4.79 Å². The molecule has 1 saturated carbocycles. The van der Waals surface area contributed by atoms with Crippen LogP contribution in [0.15, 0.2) is 11.6 Å². The molecule has 2 rings (SSSR count). The highest BCUT2D eigenvalue weighted by Gasteiger charge is 2.45. The van der Waals surface area contributed by atoms with Gasteiger partial charge in [-0.15, -0.1) is 0 Å². The molecule has 0 aromatic carbocycles. The number of hydrogen-bond donors (Lipinski definition) is 4. The lowest BCUT2D eigenvalue weighted by molar-refractivity contribution is -0.143. The number of likely N-dealkylation sites (tertiary alicyclic amines) is 1. The van der Waals surface area contributed by atoms with Crippen molar-refractivity contribution in [1.82, 2.24) is 20.6 Å². The van der Waals surface area contributed by atoms with Crippen molar-refractivity contribution in [2.75, 3.05) is 6.54 Å². The summed E-state index contributed by atoms with van der Waals surface area (Å²) >= 11 is 0. The second kappa shape index (κ2) is 14.1. The molecule has 40 heavy (non-hydrogen) atoms. The van der Waals surface area contributed by atoms with E-state index in [1.165, 1.54) is 4.90 Å². The van der Waals surface area contributed by atoms with Crippen molar-refractivity contribution in [3.05, 3.63) is 11.6 Å². The predicted octanol–water partition coefficient (Wildman–Crippen LogP) is 3.44. The number of ether oxygens (including phenoxy) is 1. The third-order valence-corrected chi connectivity index (χ3v) is 7.99. The first-order chi connectivity index (χ1) is 18.5. The maximum atomic E-state index is 14.1. The minimum Gasteiger partial charge on any atom is -0.444 e. The molecule has 2 aliphatic rings. The highest BCUT2D eigenvalue weighted by Crippen LogP contribution is 2.33. The molecule has 0 aromatic rings. The summed E-state index contributed by atoms with van der Waals surface area (Å²) in [7, 11) is 2.08. The van der Waals surface area contributed by atoms with Gasteiger partial charge in [0.1, 0.15) is 17.7 Å². The zero-order valence-electron chi connectivity index (χ0n) is 25.5. The van der Waals surface area contributed by atoms with Crippen LogP contribution in [0.4, 0.5) is 4.79 Å². The first-order valence-corrected chi connectivity index (χ1v) is 15.0. The Bertz CT molecular complexity index is 953. The van der Waals surface area contributed by atoms with E-state index in [2.05, 4.69) is 38.1 Å². The third-order valence-electron chi connectivity index (χ3n) is 7.70. The van der Waals surface area contributed by atoms with Crippen LogP contribution in [0.25, 0.3) is 0 Å². The number of carbonyl (C=O) groups is 4. The predicted molar refractivity (Wildman–Crippen MR) is 158 cm³/mol. The molecule has 1 aliphatic carbocycles. The standard InChI is InChI=1S/C29H51N4O6P/c1-9-17(2)13-19-15-21(24(35)30-20(14-18-11-10-12-18)22(34)25(36)32-40)33(16-19)26(37)23(28(3,4)5)31-27(38)39-29(6,7)8/h13,18-23,34H,9-12,14-16,40H2,1-8H3,(H,30,35)(H,31,38)(H,32,36)/b17-13+/t19-,20?,21+,22?,23-/m1/s1. The van der Waals surface area contributed by atoms with Gasteiger partial charge >= 0.3 is 6.09 Å². The minimum atomic E-state index is -1.42. The summed E-state index contributed by atoms with van der Waals surface area (Å²) in [6.07, 6.45) is 4.79. The van der Waals surface area contributed by atoms with E-state index in [0.29, 0.717) is 25.3 Å². The van der Waals surface area contributed by atoms with Gasteiger partial charge in [0, 0.05) is 6.54 Å². The van der Waals surface area contributed by atoms with Crippen LogP contribution >= 0.6 is 9.39 Å². The SMILES string of the molecule is CC/C(C)=C/[C@@H]1C[C@@H](C(=O)NC(CC2CCC2)C(O)C(=O)NP)N(C(=O)[C@@H](NC(=O)OC(C)(C)C)C(C)(C)C)C1. The van der Waals surface area contributed by atoms with Crippen LogP contribution in [0.5, 0.6) is 0 Å². The highest BCUT2D eigenvalue weighted by atomic mass is 31.0. The van der Waals surface area contributed by atoms with E-state index in [0.717, 1.165) is 31.3 Å². The summed E-state index contributed by atoms with van der Waals surface area (Å²) < 4.78 is 5.43. The average molecular weight is 583 g/mol. The molecule has 11 heteroatoms. The Morgan fingerprint density at radius 3 is 2.20 bits per heavy atom. The number of alkyl carbamates (subject to hydrolysis) is 1. The van der Waals surface area contributed by atoms with E-state index < -0.39 is 53.2 Å². The van der Waals surface area contributed by atoms with E-state index in [1.54, 1.807) is 20.8 Å². The van der Waals surface area contributed by atoms with Crippen molar-refractivity contribution in [3.8, 4) is 0 Å². The second-order valence-corrected chi connectivity index (χ2v) is 13.7. The summed E-state index contributed by atoms with van der Waals surface area (Å²) in [5.74, 6) is -1.11. The van der Waals surface area contributed by atoms with Crippen molar-refractivity contribution < 1.29 is 29.0 Å². The molecule has 1 heterocycles. The number of amides is 4. The van der Waals surface area contributed by atoms with Crippen molar-refractivity contribution in [2.24, 2.45) is 17.3 Å². The Kier molecular flexibility index (Phi) is 12.0. The van der Waals surface area contributed by atoms with Crippen molar-refractivity contribution in [1.29, 1.82) is 0 Å². The van der Waals surface area contributed by atoms with Crippen LogP contribution < -0.4 is 15.7 Å². The van der Waals surface area contributed by atoms with E-state index in [1.807, 2.05) is 27.7 Å². The van der Waals surface area contributed by atoms with Gasteiger partial charge in [0.2, 0.25) is 11.8 Å². The van der Waals surface area contributed by atoms with Crippen LogP contribution in [0, 0.1) is 17.3 Å². The molecule has 3 unspecified atom stereocenters. The Morgan fingerprint density at radius 1 is 1.10 bits per heavy atom. The molecule has 4 amide bonds. The number of rotatable bonds is 10. The lowest BCUT2D eigenvalue weighted by Crippen LogP contribution is -2.59. The highest BCUT2D eigenvalue weighted by molar-refractivity contribution is 7.15. The largest absolute Gasteiger partial charge is 0.444 e. The molecule has 4 N–H and O–H groups in total. The third kappa shape index (κ3) is 9.72. The number of allylic oxidation sites excluding steroid dienone is 1. The molecule has 6 atom stereocenters. The van der Waals surface area contributed by atoms with Crippen LogP contribution in [0.2, 0.25) is 0 Å². The molecule has 10 nitrogen and oxygen atoms in total. The normalized spacial score (nSPS) is 22.6. The average Bonchev–Trinajstić information content (AvgIpc) is 3.24. The van der Waals surface area contributed by atoms with Gasteiger partial charge in [-0.2, -0.15) is 0 Å². The van der Waals surface area contributed by atoms with Gasteiger partial charge in [-0.05, 0) is 73.6 Å². The van der Waals surface area contributed by atoms with E-state index in [-0.39, 0.29) is 11.8 Å². The number of hydrogen-bond acceptors (Lipinski definition) is 6. The summed E-state index contributed by atoms with van der Waals surface area (Å²) in [6.45, 7) is 15.2. The monoisotopic (exact) mass is 582 g/mol. The van der Waals surface area contributed by atoms with Crippen molar-refractivity contribution in [2.45, 2.75) is 124 Å². The van der Waals surface area contributed by atoms with Gasteiger partial charge in [0.15, 0.2) is 6.10 Å². The van der Waals surface area contributed by atoms with E-state index in [9.17, 15) is 24.3 Å². The van der Waals surface area contributed by atoms with Crippen LogP contribution in [0.3, 0.4) is 0 Å². The fourth-order valence-corrected chi connectivity index (χ4v) is 5.31. The molecule has 0 radical (unpaired) electrons. The van der Waals surface area contributed by atoms with Crippen LogP contribution in [0.1, 0.15) is 93.9 Å². The van der Waals surface area contributed by atoms with Gasteiger partial charge in [-0.1, -0.05) is 58.6 Å². The molecule has 1 aliphatic heterocycles. The Hall–Kier alpha value is -2.19. The molecular formula is C29H51N4O6P. The Morgan fingerprint density at radius 2 is 1.73 bits per heavy atom.